The molecule has 0 spiro atoms. The van der Waals surface area contributed by atoms with Crippen molar-refractivity contribution in [3.63, 3.8) is 0 Å². The Morgan fingerprint density at radius 3 is 2.61 bits per heavy atom. The molecule has 0 aliphatic heterocycles. The van der Waals surface area contributed by atoms with Gasteiger partial charge in [-0.3, -0.25) is 0 Å². The molecular weight excluding hydrogens is 229 g/mol. The van der Waals surface area contributed by atoms with Gasteiger partial charge in [0.1, 0.15) is 5.75 Å². The van der Waals surface area contributed by atoms with Crippen molar-refractivity contribution in [1.29, 1.82) is 0 Å². The van der Waals surface area contributed by atoms with Gasteiger partial charge >= 0.3 is 0 Å². The third-order valence-electron chi connectivity index (χ3n) is 2.84. The molecule has 100 valence electrons. The molecule has 0 radical (unpaired) electrons. The summed E-state index contributed by atoms with van der Waals surface area (Å²) in [5.41, 5.74) is 7.23. The molecule has 0 aliphatic rings. The monoisotopic (exact) mass is 251 g/mol. The highest BCUT2D eigenvalue weighted by Gasteiger charge is 1.99. The van der Waals surface area contributed by atoms with Gasteiger partial charge in [-0.15, -0.1) is 0 Å². The zero-order chi connectivity index (χ0) is 13.2. The van der Waals surface area contributed by atoms with Gasteiger partial charge in [-0.25, -0.2) is 4.39 Å². The lowest BCUT2D eigenvalue weighted by Gasteiger charge is -2.07. The van der Waals surface area contributed by atoms with Gasteiger partial charge in [0, 0.05) is 6.54 Å². The van der Waals surface area contributed by atoms with Gasteiger partial charge in [-0.05, 0) is 42.5 Å². The summed E-state index contributed by atoms with van der Waals surface area (Å²) < 4.78 is 17.9. The first-order chi connectivity index (χ1) is 8.80. The van der Waals surface area contributed by atoms with Crippen molar-refractivity contribution in [1.82, 2.24) is 0 Å². The van der Waals surface area contributed by atoms with Crippen molar-refractivity contribution in [2.75, 3.05) is 13.2 Å². The molecule has 2 nitrogen and oxygen atoms in total. The highest BCUT2D eigenvalue weighted by atomic mass is 19.1. The lowest BCUT2D eigenvalue weighted by atomic mass is 10.1. The lowest BCUT2D eigenvalue weighted by Crippen LogP contribution is -2.03. The van der Waals surface area contributed by atoms with Crippen LogP contribution in [0.3, 0.4) is 0 Å². The Hall–Kier alpha value is -1.35. The number of hydrogen-bond acceptors (Lipinski definition) is 2. The van der Waals surface area contributed by atoms with Crippen molar-refractivity contribution in [2.24, 2.45) is 5.73 Å². The number of halogens is 1. The second-order valence-electron chi connectivity index (χ2n) is 4.32. The number of benzene rings is 1. The van der Waals surface area contributed by atoms with Crippen LogP contribution in [0.25, 0.3) is 0 Å². The zero-order valence-electron chi connectivity index (χ0n) is 11.0. The van der Waals surface area contributed by atoms with Gasteiger partial charge in [0.05, 0.1) is 12.9 Å². The Morgan fingerprint density at radius 1 is 1.33 bits per heavy atom. The molecule has 0 saturated carbocycles. The Balaban J connectivity index is 2.40. The molecule has 1 aromatic rings. The van der Waals surface area contributed by atoms with Crippen molar-refractivity contribution in [3.05, 3.63) is 41.7 Å². The number of aryl methyl sites for hydroxylation is 1. The minimum Gasteiger partial charge on any atom is -0.494 e. The second-order valence-corrected chi connectivity index (χ2v) is 4.32. The van der Waals surface area contributed by atoms with Crippen LogP contribution in [-0.2, 0) is 6.42 Å². The highest BCUT2D eigenvalue weighted by molar-refractivity contribution is 5.27. The third kappa shape index (κ3) is 5.32. The lowest BCUT2D eigenvalue weighted by molar-refractivity contribution is 0.309. The van der Waals surface area contributed by atoms with E-state index in [1.165, 1.54) is 5.56 Å². The molecule has 0 amide bonds. The average molecular weight is 251 g/mol. The van der Waals surface area contributed by atoms with Gasteiger partial charge in [0.25, 0.3) is 0 Å². The topological polar surface area (TPSA) is 35.2 Å². The standard InChI is InChI=1S/C15H22FNO/c1-2-3-10-18-15-8-6-13(7-9-15)4-5-14(11-16)12-17/h6-9,11H,2-5,10,12,17H2,1H3/b14-11-. The fourth-order valence-corrected chi connectivity index (χ4v) is 1.59. The van der Waals surface area contributed by atoms with Crippen LogP contribution in [0, 0.1) is 0 Å². The average Bonchev–Trinajstić information content (AvgIpc) is 2.42. The number of ether oxygens (including phenoxy) is 1. The Kier molecular flexibility index (Phi) is 7.11. The van der Waals surface area contributed by atoms with E-state index in [0.717, 1.165) is 31.6 Å². The highest BCUT2D eigenvalue weighted by Crippen LogP contribution is 2.15. The number of hydrogen-bond donors (Lipinski definition) is 1. The summed E-state index contributed by atoms with van der Waals surface area (Å²) in [5, 5.41) is 0. The van der Waals surface area contributed by atoms with Crippen LogP contribution >= 0.6 is 0 Å². The smallest absolute Gasteiger partial charge is 0.119 e. The minimum absolute atomic E-state index is 0.286. The van der Waals surface area contributed by atoms with Crippen molar-refractivity contribution in [3.8, 4) is 5.75 Å². The predicted octanol–water partition coefficient (Wildman–Crippen LogP) is 3.61. The molecule has 2 N–H and O–H groups in total. The van der Waals surface area contributed by atoms with Crippen LogP contribution in [0.4, 0.5) is 4.39 Å². The molecule has 0 bridgehead atoms. The maximum absolute atomic E-state index is 12.3. The fraction of sp³-hybridized carbons (Fsp3) is 0.467. The van der Waals surface area contributed by atoms with E-state index in [4.69, 9.17) is 10.5 Å². The van der Waals surface area contributed by atoms with E-state index < -0.39 is 0 Å². The second kappa shape index (κ2) is 8.70. The van der Waals surface area contributed by atoms with Crippen molar-refractivity contribution >= 4 is 0 Å². The number of unbranched alkanes of at least 4 members (excludes halogenated alkanes) is 1. The molecule has 0 aliphatic carbocycles. The maximum Gasteiger partial charge on any atom is 0.119 e. The van der Waals surface area contributed by atoms with Crippen LogP contribution in [-0.4, -0.2) is 13.2 Å². The fourth-order valence-electron chi connectivity index (χ4n) is 1.59. The van der Waals surface area contributed by atoms with Crippen LogP contribution in [0.2, 0.25) is 0 Å². The Labute approximate surface area is 109 Å². The summed E-state index contributed by atoms with van der Waals surface area (Å²) in [6, 6.07) is 7.97. The first kappa shape index (κ1) is 14.7. The SMILES string of the molecule is CCCCOc1ccc(CC/C(=C/F)CN)cc1. The van der Waals surface area contributed by atoms with E-state index in [1.54, 1.807) is 0 Å². The van der Waals surface area contributed by atoms with E-state index in [9.17, 15) is 4.39 Å². The summed E-state index contributed by atoms with van der Waals surface area (Å²) in [6.07, 6.45) is 4.30. The van der Waals surface area contributed by atoms with Crippen LogP contribution in [0.1, 0.15) is 31.7 Å². The van der Waals surface area contributed by atoms with Gasteiger partial charge in [0.2, 0.25) is 0 Å². The van der Waals surface area contributed by atoms with Gasteiger partial charge in [0.15, 0.2) is 0 Å². The molecule has 0 aromatic heterocycles. The zero-order valence-corrected chi connectivity index (χ0v) is 11.0. The summed E-state index contributed by atoms with van der Waals surface area (Å²) in [4.78, 5) is 0. The molecule has 0 fully saturated rings. The quantitative estimate of drug-likeness (QED) is 0.716. The van der Waals surface area contributed by atoms with Crippen molar-refractivity contribution < 1.29 is 9.13 Å². The molecule has 0 unspecified atom stereocenters. The molecule has 0 saturated heterocycles. The van der Waals surface area contributed by atoms with E-state index in [-0.39, 0.29) is 6.54 Å². The Morgan fingerprint density at radius 2 is 2.06 bits per heavy atom. The third-order valence-corrected chi connectivity index (χ3v) is 2.84. The summed E-state index contributed by atoms with van der Waals surface area (Å²) in [5.74, 6) is 0.896. The van der Waals surface area contributed by atoms with E-state index >= 15 is 0 Å². The molecule has 1 rings (SSSR count). The van der Waals surface area contributed by atoms with E-state index in [2.05, 4.69) is 6.92 Å². The molecule has 0 atom stereocenters. The first-order valence-corrected chi connectivity index (χ1v) is 6.50. The normalized spacial score (nSPS) is 11.6. The molecule has 0 heterocycles. The largest absolute Gasteiger partial charge is 0.494 e. The van der Waals surface area contributed by atoms with E-state index in [0.29, 0.717) is 18.3 Å². The minimum atomic E-state index is 0.286. The summed E-state index contributed by atoms with van der Waals surface area (Å²) in [7, 11) is 0. The predicted molar refractivity (Wildman–Crippen MR) is 73.4 cm³/mol. The van der Waals surface area contributed by atoms with Crippen LogP contribution in [0.5, 0.6) is 5.75 Å². The summed E-state index contributed by atoms with van der Waals surface area (Å²) in [6.45, 7) is 3.19. The first-order valence-electron chi connectivity index (χ1n) is 6.50. The molecule has 1 aromatic carbocycles. The number of nitrogens with two attached hydrogens (primary N) is 1. The van der Waals surface area contributed by atoms with Gasteiger partial charge in [-0.1, -0.05) is 25.5 Å². The molecule has 18 heavy (non-hydrogen) atoms. The maximum atomic E-state index is 12.3. The van der Waals surface area contributed by atoms with Gasteiger partial charge in [-0.2, -0.15) is 0 Å². The number of rotatable bonds is 8. The molecular formula is C15H22FNO. The molecule has 3 heteroatoms. The van der Waals surface area contributed by atoms with Crippen LogP contribution in [0.15, 0.2) is 36.2 Å². The summed E-state index contributed by atoms with van der Waals surface area (Å²) >= 11 is 0. The van der Waals surface area contributed by atoms with Gasteiger partial charge < -0.3 is 10.5 Å². The van der Waals surface area contributed by atoms with Crippen molar-refractivity contribution in [2.45, 2.75) is 32.6 Å². The van der Waals surface area contributed by atoms with E-state index in [1.807, 2.05) is 24.3 Å². The van der Waals surface area contributed by atoms with Crippen LogP contribution < -0.4 is 10.5 Å². The Bertz CT molecular complexity index is 359.